The minimum absolute atomic E-state index is 0.338. The van der Waals surface area contributed by atoms with E-state index in [0.29, 0.717) is 24.7 Å². The number of ether oxygens (including phenoxy) is 1. The second kappa shape index (κ2) is 1.56. The summed E-state index contributed by atoms with van der Waals surface area (Å²) in [7, 11) is 0. The number of rotatable bonds is 1. The zero-order chi connectivity index (χ0) is 6.72. The van der Waals surface area contributed by atoms with Gasteiger partial charge in [-0.05, 0) is 24.7 Å². The van der Waals surface area contributed by atoms with Crippen molar-refractivity contribution >= 4 is 0 Å². The number of aliphatic hydroxyl groups excluding tert-OH is 1. The van der Waals surface area contributed by atoms with Crippen LogP contribution in [-0.2, 0) is 4.74 Å². The average Bonchev–Trinajstić information content (AvgIpc) is 2.58. The van der Waals surface area contributed by atoms with E-state index >= 15 is 0 Å². The molecule has 1 N–H and O–H groups in total. The standard InChI is InChI=1S/C8H12O2/c9-3-4-1-7-5-2-6(5)8(4)10-7/h4-9H,1-3H2/t4-,5+,6-,7-,8-/m1/s1. The summed E-state index contributed by atoms with van der Waals surface area (Å²) < 4.78 is 5.68. The Kier molecular flexibility index (Phi) is 0.868. The van der Waals surface area contributed by atoms with Crippen molar-refractivity contribution < 1.29 is 9.84 Å². The van der Waals surface area contributed by atoms with Gasteiger partial charge in [0.05, 0.1) is 12.2 Å². The summed E-state index contributed by atoms with van der Waals surface area (Å²) in [4.78, 5) is 0. The van der Waals surface area contributed by atoms with Crippen molar-refractivity contribution in [1.29, 1.82) is 0 Å². The van der Waals surface area contributed by atoms with Gasteiger partial charge in [0, 0.05) is 12.5 Å². The van der Waals surface area contributed by atoms with E-state index < -0.39 is 0 Å². The molecule has 10 heavy (non-hydrogen) atoms. The lowest BCUT2D eigenvalue weighted by Gasteiger charge is -2.14. The normalized spacial score (nSPS) is 62.7. The van der Waals surface area contributed by atoms with E-state index in [1.807, 2.05) is 0 Å². The molecular weight excluding hydrogens is 128 g/mol. The van der Waals surface area contributed by atoms with Gasteiger partial charge < -0.3 is 9.84 Å². The molecule has 2 heterocycles. The summed E-state index contributed by atoms with van der Waals surface area (Å²) in [6.45, 7) is 0.338. The fraction of sp³-hybridized carbons (Fsp3) is 1.00. The Balaban J connectivity index is 1.85. The van der Waals surface area contributed by atoms with Crippen molar-refractivity contribution in [2.24, 2.45) is 17.8 Å². The van der Waals surface area contributed by atoms with Crippen LogP contribution < -0.4 is 0 Å². The molecular formula is C8H12O2. The Bertz CT molecular complexity index is 169. The van der Waals surface area contributed by atoms with Gasteiger partial charge in [-0.25, -0.2) is 0 Å². The molecule has 0 amide bonds. The third-order valence-corrected chi connectivity index (χ3v) is 3.36. The summed E-state index contributed by atoms with van der Waals surface area (Å²) in [5, 5.41) is 8.94. The molecule has 2 heteroatoms. The summed E-state index contributed by atoms with van der Waals surface area (Å²) in [5.41, 5.74) is 0. The minimum Gasteiger partial charge on any atom is -0.396 e. The maximum Gasteiger partial charge on any atom is 0.0661 e. The second-order valence-electron chi connectivity index (χ2n) is 3.88. The Hall–Kier alpha value is -0.0800. The lowest BCUT2D eigenvalue weighted by Crippen LogP contribution is -2.22. The zero-order valence-electron chi connectivity index (χ0n) is 5.86. The molecule has 2 saturated heterocycles. The lowest BCUT2D eigenvalue weighted by molar-refractivity contribution is 0.0511. The molecule has 2 nitrogen and oxygen atoms in total. The van der Waals surface area contributed by atoms with Gasteiger partial charge in [-0.15, -0.1) is 0 Å². The molecule has 0 radical (unpaired) electrons. The van der Waals surface area contributed by atoms with Crippen LogP contribution in [0.25, 0.3) is 0 Å². The van der Waals surface area contributed by atoms with Crippen molar-refractivity contribution in [2.45, 2.75) is 25.0 Å². The summed E-state index contributed by atoms with van der Waals surface area (Å²) >= 11 is 0. The lowest BCUT2D eigenvalue weighted by atomic mass is 9.90. The van der Waals surface area contributed by atoms with Gasteiger partial charge in [0.15, 0.2) is 0 Å². The highest BCUT2D eigenvalue weighted by atomic mass is 16.5. The third kappa shape index (κ3) is 0.487. The van der Waals surface area contributed by atoms with Gasteiger partial charge in [0.2, 0.25) is 0 Å². The molecule has 56 valence electrons. The van der Waals surface area contributed by atoms with E-state index in [0.717, 1.165) is 18.3 Å². The Labute approximate surface area is 60.2 Å². The highest BCUT2D eigenvalue weighted by molar-refractivity contribution is 5.10. The maximum absolute atomic E-state index is 8.94. The largest absolute Gasteiger partial charge is 0.396 e. The first kappa shape index (κ1) is 5.56. The van der Waals surface area contributed by atoms with Crippen molar-refractivity contribution in [3.05, 3.63) is 0 Å². The van der Waals surface area contributed by atoms with Crippen LogP contribution in [0, 0.1) is 17.8 Å². The van der Waals surface area contributed by atoms with Gasteiger partial charge in [-0.3, -0.25) is 0 Å². The average molecular weight is 140 g/mol. The maximum atomic E-state index is 8.94. The fourth-order valence-electron chi connectivity index (χ4n) is 2.75. The van der Waals surface area contributed by atoms with Crippen molar-refractivity contribution in [2.75, 3.05) is 6.61 Å². The van der Waals surface area contributed by atoms with Crippen LogP contribution in [0.5, 0.6) is 0 Å². The molecule has 1 aliphatic carbocycles. The van der Waals surface area contributed by atoms with Gasteiger partial charge in [-0.1, -0.05) is 0 Å². The SMILES string of the molecule is OC[C@H]1C[C@H]2O[C@H]1[C@@H]1C[C@@H]12. The highest BCUT2D eigenvalue weighted by Gasteiger charge is 2.62. The van der Waals surface area contributed by atoms with E-state index in [9.17, 15) is 0 Å². The third-order valence-electron chi connectivity index (χ3n) is 3.36. The molecule has 5 atom stereocenters. The van der Waals surface area contributed by atoms with E-state index in [1.165, 1.54) is 6.42 Å². The number of hydrogen-bond donors (Lipinski definition) is 1. The molecule has 3 aliphatic rings. The van der Waals surface area contributed by atoms with Crippen molar-refractivity contribution in [1.82, 2.24) is 0 Å². The second-order valence-corrected chi connectivity index (χ2v) is 3.88. The van der Waals surface area contributed by atoms with Gasteiger partial charge >= 0.3 is 0 Å². The van der Waals surface area contributed by atoms with Crippen molar-refractivity contribution in [3.8, 4) is 0 Å². The Morgan fingerprint density at radius 1 is 1.30 bits per heavy atom. The summed E-state index contributed by atoms with van der Waals surface area (Å²) in [6, 6.07) is 0. The predicted octanol–water partition coefficient (Wildman–Crippen LogP) is 0.402. The van der Waals surface area contributed by atoms with Crippen LogP contribution in [0.2, 0.25) is 0 Å². The fourth-order valence-corrected chi connectivity index (χ4v) is 2.75. The number of aliphatic hydroxyl groups is 1. The first-order valence-corrected chi connectivity index (χ1v) is 4.16. The molecule has 0 aromatic carbocycles. The summed E-state index contributed by atoms with van der Waals surface area (Å²) in [5.74, 6) is 2.22. The first-order chi connectivity index (χ1) is 4.90. The molecule has 2 bridgehead atoms. The molecule has 0 aromatic heterocycles. The summed E-state index contributed by atoms with van der Waals surface area (Å²) in [6.07, 6.45) is 3.49. The molecule has 0 unspecified atom stereocenters. The zero-order valence-corrected chi connectivity index (χ0v) is 5.86. The monoisotopic (exact) mass is 140 g/mol. The quantitative estimate of drug-likeness (QED) is 0.571. The number of fused-ring (bicyclic) bond motifs is 5. The van der Waals surface area contributed by atoms with Crippen LogP contribution >= 0.6 is 0 Å². The van der Waals surface area contributed by atoms with Crippen molar-refractivity contribution in [3.63, 3.8) is 0 Å². The molecule has 1 saturated carbocycles. The smallest absolute Gasteiger partial charge is 0.0661 e. The predicted molar refractivity (Wildman–Crippen MR) is 35.5 cm³/mol. The molecule has 3 rings (SSSR count). The highest BCUT2D eigenvalue weighted by Crippen LogP contribution is 2.60. The van der Waals surface area contributed by atoms with Crippen LogP contribution in [0.3, 0.4) is 0 Å². The van der Waals surface area contributed by atoms with Gasteiger partial charge in [0.1, 0.15) is 0 Å². The minimum atomic E-state index is 0.338. The van der Waals surface area contributed by atoms with Crippen LogP contribution in [-0.4, -0.2) is 23.9 Å². The van der Waals surface area contributed by atoms with E-state index in [4.69, 9.17) is 9.84 Å². The van der Waals surface area contributed by atoms with E-state index in [-0.39, 0.29) is 0 Å². The Morgan fingerprint density at radius 2 is 2.20 bits per heavy atom. The van der Waals surface area contributed by atoms with Gasteiger partial charge in [-0.2, -0.15) is 0 Å². The topological polar surface area (TPSA) is 29.5 Å². The van der Waals surface area contributed by atoms with Crippen LogP contribution in [0.15, 0.2) is 0 Å². The first-order valence-electron chi connectivity index (χ1n) is 4.16. The molecule has 3 fully saturated rings. The Morgan fingerprint density at radius 3 is 2.80 bits per heavy atom. The van der Waals surface area contributed by atoms with Crippen LogP contribution in [0.1, 0.15) is 12.8 Å². The van der Waals surface area contributed by atoms with E-state index in [2.05, 4.69) is 0 Å². The van der Waals surface area contributed by atoms with Gasteiger partial charge in [0.25, 0.3) is 0 Å². The molecule has 2 aliphatic heterocycles. The number of hydrogen-bond acceptors (Lipinski definition) is 2. The molecule has 0 aromatic rings. The molecule has 0 spiro atoms. The van der Waals surface area contributed by atoms with Crippen LogP contribution in [0.4, 0.5) is 0 Å². The van der Waals surface area contributed by atoms with E-state index in [1.54, 1.807) is 0 Å².